The molecule has 1 amide bonds. The summed E-state index contributed by atoms with van der Waals surface area (Å²) in [5, 5.41) is 4.23. The first-order valence-electron chi connectivity index (χ1n) is 5.59. The Hall–Kier alpha value is -2.48. The third-order valence-electron chi connectivity index (χ3n) is 2.41. The van der Waals surface area contributed by atoms with Crippen molar-refractivity contribution in [1.29, 1.82) is 0 Å². The van der Waals surface area contributed by atoms with Crippen molar-refractivity contribution in [3.63, 3.8) is 0 Å². The van der Waals surface area contributed by atoms with E-state index in [1.54, 1.807) is 17.5 Å². The van der Waals surface area contributed by atoms with Crippen LogP contribution in [0.4, 0.5) is 5.69 Å². The number of thiophene rings is 1. The second-order valence-corrected chi connectivity index (χ2v) is 4.65. The fourth-order valence-electron chi connectivity index (χ4n) is 1.51. The van der Waals surface area contributed by atoms with E-state index in [0.717, 1.165) is 11.3 Å². The quantitative estimate of drug-likeness (QED) is 0.839. The van der Waals surface area contributed by atoms with Gasteiger partial charge in [-0.25, -0.2) is 14.6 Å². The van der Waals surface area contributed by atoms with Gasteiger partial charge in [0.25, 0.3) is 0 Å². The number of rotatable bonds is 4. The van der Waals surface area contributed by atoms with Gasteiger partial charge in [0.2, 0.25) is 5.91 Å². The van der Waals surface area contributed by atoms with Crippen molar-refractivity contribution in [2.75, 3.05) is 12.4 Å². The van der Waals surface area contributed by atoms with Gasteiger partial charge in [0.05, 0.1) is 12.8 Å². The lowest BCUT2D eigenvalue weighted by atomic mass is 10.3. The number of esters is 1. The minimum absolute atomic E-state index is 0.177. The molecular weight excluding hydrogens is 282 g/mol. The van der Waals surface area contributed by atoms with E-state index < -0.39 is 17.6 Å². The normalized spacial score (nSPS) is 10.1. The highest BCUT2D eigenvalue weighted by atomic mass is 32.1. The molecule has 0 aliphatic heterocycles. The van der Waals surface area contributed by atoms with Crippen LogP contribution in [0.2, 0.25) is 0 Å². The van der Waals surface area contributed by atoms with E-state index in [9.17, 15) is 14.4 Å². The molecule has 0 atom stereocenters. The first kappa shape index (κ1) is 13.9. The lowest BCUT2D eigenvalue weighted by Crippen LogP contribution is -2.28. The van der Waals surface area contributed by atoms with E-state index in [-0.39, 0.29) is 6.54 Å². The van der Waals surface area contributed by atoms with Gasteiger partial charge in [-0.1, -0.05) is 0 Å². The standard InChI is InChI=1S/C12H11N3O4S/c1-19-11(17)10-8(3-6-20-10)14-9(16)7-15-5-2-4-13-12(15)18/h2-6H,7H2,1H3,(H,14,16). The van der Waals surface area contributed by atoms with Gasteiger partial charge in [-0.15, -0.1) is 11.3 Å². The summed E-state index contributed by atoms with van der Waals surface area (Å²) in [6, 6.07) is 3.15. The molecule has 0 aliphatic rings. The van der Waals surface area contributed by atoms with Crippen LogP contribution in [0.1, 0.15) is 9.67 Å². The Labute approximate surface area is 117 Å². The highest BCUT2D eigenvalue weighted by Gasteiger charge is 2.15. The van der Waals surface area contributed by atoms with E-state index in [1.807, 2.05) is 0 Å². The third kappa shape index (κ3) is 3.09. The van der Waals surface area contributed by atoms with E-state index in [1.165, 1.54) is 24.1 Å². The summed E-state index contributed by atoms with van der Waals surface area (Å²) in [7, 11) is 1.27. The average molecular weight is 293 g/mol. The molecule has 104 valence electrons. The maximum Gasteiger partial charge on any atom is 0.350 e. The van der Waals surface area contributed by atoms with Crippen LogP contribution in [0.25, 0.3) is 0 Å². The molecule has 0 saturated carbocycles. The molecule has 2 aromatic heterocycles. The second-order valence-electron chi connectivity index (χ2n) is 3.73. The van der Waals surface area contributed by atoms with Crippen molar-refractivity contribution in [2.45, 2.75) is 6.54 Å². The Bertz CT molecular complexity index is 692. The summed E-state index contributed by atoms with van der Waals surface area (Å²) < 4.78 is 5.78. The van der Waals surface area contributed by atoms with Crippen LogP contribution in [0, 0.1) is 0 Å². The molecule has 0 aliphatic carbocycles. The van der Waals surface area contributed by atoms with Crippen LogP contribution in [-0.4, -0.2) is 28.5 Å². The van der Waals surface area contributed by atoms with Gasteiger partial charge >= 0.3 is 11.7 Å². The zero-order valence-corrected chi connectivity index (χ0v) is 11.3. The van der Waals surface area contributed by atoms with E-state index in [2.05, 4.69) is 15.0 Å². The topological polar surface area (TPSA) is 90.3 Å². The lowest BCUT2D eigenvalue weighted by molar-refractivity contribution is -0.116. The van der Waals surface area contributed by atoms with Crippen LogP contribution < -0.4 is 11.0 Å². The monoisotopic (exact) mass is 293 g/mol. The fourth-order valence-corrected chi connectivity index (χ4v) is 2.28. The number of aromatic nitrogens is 2. The van der Waals surface area contributed by atoms with Gasteiger partial charge in [-0.2, -0.15) is 0 Å². The van der Waals surface area contributed by atoms with E-state index in [4.69, 9.17) is 0 Å². The van der Waals surface area contributed by atoms with E-state index >= 15 is 0 Å². The second kappa shape index (κ2) is 6.11. The molecule has 7 nitrogen and oxygen atoms in total. The smallest absolute Gasteiger partial charge is 0.350 e. The number of carbonyl (C=O) groups excluding carboxylic acids is 2. The molecule has 0 aromatic carbocycles. The van der Waals surface area contributed by atoms with Crippen molar-refractivity contribution in [3.8, 4) is 0 Å². The molecule has 0 fully saturated rings. The molecule has 8 heteroatoms. The molecule has 0 saturated heterocycles. The maximum absolute atomic E-state index is 11.8. The van der Waals surface area contributed by atoms with E-state index in [0.29, 0.717) is 10.6 Å². The minimum Gasteiger partial charge on any atom is -0.465 e. The number of amides is 1. The van der Waals surface area contributed by atoms with Crippen molar-refractivity contribution in [3.05, 3.63) is 45.3 Å². The highest BCUT2D eigenvalue weighted by molar-refractivity contribution is 7.12. The summed E-state index contributed by atoms with van der Waals surface area (Å²) in [6.07, 6.45) is 2.81. The lowest BCUT2D eigenvalue weighted by Gasteiger charge is -2.06. The SMILES string of the molecule is COC(=O)c1sccc1NC(=O)Cn1cccnc1=O. The Kier molecular flexibility index (Phi) is 4.26. The summed E-state index contributed by atoms with van der Waals surface area (Å²) in [5.74, 6) is -0.947. The van der Waals surface area contributed by atoms with Crippen molar-refractivity contribution in [1.82, 2.24) is 9.55 Å². The van der Waals surface area contributed by atoms with Crippen molar-refractivity contribution < 1.29 is 14.3 Å². The Balaban J connectivity index is 2.10. The van der Waals surface area contributed by atoms with Gasteiger partial charge in [-0.05, 0) is 17.5 Å². The molecule has 20 heavy (non-hydrogen) atoms. The largest absolute Gasteiger partial charge is 0.465 e. The molecule has 2 rings (SSSR count). The van der Waals surface area contributed by atoms with Gasteiger partial charge in [0, 0.05) is 12.4 Å². The number of hydrogen-bond acceptors (Lipinski definition) is 6. The number of hydrogen-bond donors (Lipinski definition) is 1. The summed E-state index contributed by atoms with van der Waals surface area (Å²) in [4.78, 5) is 38.5. The highest BCUT2D eigenvalue weighted by Crippen LogP contribution is 2.22. The Morgan fingerprint density at radius 2 is 2.30 bits per heavy atom. The molecular formula is C12H11N3O4S. The number of carbonyl (C=O) groups is 2. The maximum atomic E-state index is 11.8. The molecule has 0 bridgehead atoms. The molecule has 0 spiro atoms. The van der Waals surface area contributed by atoms with Crippen LogP contribution in [0.5, 0.6) is 0 Å². The van der Waals surface area contributed by atoms with Gasteiger partial charge in [0.1, 0.15) is 11.4 Å². The number of ether oxygens (including phenoxy) is 1. The summed E-state index contributed by atoms with van der Waals surface area (Å²) >= 11 is 1.16. The number of methoxy groups -OCH3 is 1. The van der Waals surface area contributed by atoms with Crippen molar-refractivity contribution in [2.24, 2.45) is 0 Å². The number of nitrogens with one attached hydrogen (secondary N) is 1. The van der Waals surface area contributed by atoms with Crippen LogP contribution >= 0.6 is 11.3 Å². The Morgan fingerprint density at radius 3 is 3.00 bits per heavy atom. The van der Waals surface area contributed by atoms with Gasteiger partial charge in [-0.3, -0.25) is 9.36 Å². The number of anilines is 1. The first-order valence-corrected chi connectivity index (χ1v) is 6.47. The zero-order chi connectivity index (χ0) is 14.5. The minimum atomic E-state index is -0.520. The van der Waals surface area contributed by atoms with Crippen molar-refractivity contribution >= 4 is 28.9 Å². The molecule has 0 radical (unpaired) electrons. The van der Waals surface area contributed by atoms with Crippen LogP contribution in [-0.2, 0) is 16.1 Å². The average Bonchev–Trinajstić information content (AvgIpc) is 2.88. The molecule has 2 aromatic rings. The predicted octanol–water partition coefficient (Wildman–Crippen LogP) is 0.730. The van der Waals surface area contributed by atoms with Crippen LogP contribution in [0.3, 0.4) is 0 Å². The first-order chi connectivity index (χ1) is 9.61. The van der Waals surface area contributed by atoms with Crippen LogP contribution in [0.15, 0.2) is 34.7 Å². The summed E-state index contributed by atoms with van der Waals surface area (Å²) in [6.45, 7) is -0.177. The molecule has 0 unspecified atom stereocenters. The Morgan fingerprint density at radius 1 is 1.50 bits per heavy atom. The fraction of sp³-hybridized carbons (Fsp3) is 0.167. The van der Waals surface area contributed by atoms with Gasteiger partial charge < -0.3 is 10.1 Å². The van der Waals surface area contributed by atoms with Gasteiger partial charge in [0.15, 0.2) is 0 Å². The summed E-state index contributed by atoms with van der Waals surface area (Å²) in [5.41, 5.74) is -0.148. The zero-order valence-electron chi connectivity index (χ0n) is 10.5. The molecule has 1 N–H and O–H groups in total. The predicted molar refractivity (Wildman–Crippen MR) is 72.8 cm³/mol. The third-order valence-corrected chi connectivity index (χ3v) is 3.30. The number of nitrogens with zero attached hydrogens (tertiary/aromatic N) is 2. The molecule has 2 heterocycles.